The van der Waals surface area contributed by atoms with Crippen molar-refractivity contribution in [3.8, 4) is 0 Å². The Hall–Kier alpha value is -4.07. The number of imide groups is 1. The van der Waals surface area contributed by atoms with E-state index in [1.54, 1.807) is 24.3 Å². The molecule has 1 heterocycles. The molecule has 3 amide bonds. The van der Waals surface area contributed by atoms with E-state index in [9.17, 15) is 24.5 Å². The summed E-state index contributed by atoms with van der Waals surface area (Å²) in [6, 6.07) is 13.6. The number of carbonyl (C=O) groups excluding carboxylic acids is 3. The standard InChI is InChI=1S/C20H13N3O5/c1-11(24)21-12-4-2-5-13(10-12)22-19(25)15-7-3-6-14-17(23(27)28)9-8-16(18(14)15)20(22)26/h2-10H,1H3,(H,21,24). The number of hydrogen-bond donors (Lipinski definition) is 1. The molecular formula is C20H13N3O5. The number of hydrogen-bond acceptors (Lipinski definition) is 5. The molecule has 0 radical (unpaired) electrons. The molecule has 138 valence electrons. The number of amides is 3. The summed E-state index contributed by atoms with van der Waals surface area (Å²) in [6.45, 7) is 1.35. The van der Waals surface area contributed by atoms with Gasteiger partial charge in [-0.15, -0.1) is 0 Å². The lowest BCUT2D eigenvalue weighted by Gasteiger charge is -2.27. The van der Waals surface area contributed by atoms with Gasteiger partial charge in [-0.25, -0.2) is 4.90 Å². The Labute approximate surface area is 158 Å². The van der Waals surface area contributed by atoms with Crippen molar-refractivity contribution in [3.05, 3.63) is 75.8 Å². The van der Waals surface area contributed by atoms with Crippen molar-refractivity contribution in [3.63, 3.8) is 0 Å². The van der Waals surface area contributed by atoms with Crippen LogP contribution in [0, 0.1) is 10.1 Å². The SMILES string of the molecule is CC(=O)Nc1cccc(N2C(=O)c3cccc4c([N+](=O)[O-])ccc(c34)C2=O)c1. The smallest absolute Gasteiger partial charge is 0.277 e. The Kier molecular flexibility index (Phi) is 3.89. The zero-order valence-corrected chi connectivity index (χ0v) is 14.6. The number of nitrogens with one attached hydrogen (secondary N) is 1. The molecule has 1 aliphatic rings. The maximum Gasteiger partial charge on any atom is 0.277 e. The second-order valence-electron chi connectivity index (χ2n) is 6.29. The third-order valence-electron chi connectivity index (χ3n) is 4.51. The first-order valence-electron chi connectivity index (χ1n) is 8.35. The second-order valence-corrected chi connectivity index (χ2v) is 6.29. The fourth-order valence-corrected chi connectivity index (χ4v) is 3.40. The van der Waals surface area contributed by atoms with Crippen LogP contribution in [0.3, 0.4) is 0 Å². The molecule has 0 bridgehead atoms. The van der Waals surface area contributed by atoms with E-state index in [1.165, 1.54) is 37.3 Å². The quantitative estimate of drug-likeness (QED) is 0.428. The van der Waals surface area contributed by atoms with Gasteiger partial charge in [-0.05, 0) is 36.4 Å². The van der Waals surface area contributed by atoms with Crippen molar-refractivity contribution in [2.75, 3.05) is 10.2 Å². The Morgan fingerprint density at radius 1 is 1.00 bits per heavy atom. The number of carbonyl (C=O) groups is 3. The summed E-state index contributed by atoms with van der Waals surface area (Å²) in [5.41, 5.74) is 0.990. The van der Waals surface area contributed by atoms with E-state index in [2.05, 4.69) is 5.32 Å². The summed E-state index contributed by atoms with van der Waals surface area (Å²) in [7, 11) is 0. The topological polar surface area (TPSA) is 110 Å². The summed E-state index contributed by atoms with van der Waals surface area (Å²) in [6.07, 6.45) is 0. The molecule has 0 spiro atoms. The minimum absolute atomic E-state index is 0.165. The number of nitro groups is 1. The molecule has 1 N–H and O–H groups in total. The van der Waals surface area contributed by atoms with Gasteiger partial charge in [-0.1, -0.05) is 12.1 Å². The van der Waals surface area contributed by atoms with Gasteiger partial charge in [-0.2, -0.15) is 0 Å². The van der Waals surface area contributed by atoms with Gasteiger partial charge in [0, 0.05) is 35.2 Å². The summed E-state index contributed by atoms with van der Waals surface area (Å²) in [4.78, 5) is 49.2. The number of rotatable bonds is 3. The van der Waals surface area contributed by atoms with Crippen molar-refractivity contribution in [1.82, 2.24) is 0 Å². The average Bonchev–Trinajstić information content (AvgIpc) is 2.65. The highest BCUT2D eigenvalue weighted by Gasteiger charge is 2.35. The Morgan fingerprint density at radius 2 is 1.68 bits per heavy atom. The monoisotopic (exact) mass is 375 g/mol. The van der Waals surface area contributed by atoms with Gasteiger partial charge in [-0.3, -0.25) is 24.5 Å². The largest absolute Gasteiger partial charge is 0.326 e. The zero-order valence-electron chi connectivity index (χ0n) is 14.6. The van der Waals surface area contributed by atoms with Crippen LogP contribution in [0.25, 0.3) is 10.8 Å². The highest BCUT2D eigenvalue weighted by atomic mass is 16.6. The van der Waals surface area contributed by atoms with E-state index >= 15 is 0 Å². The average molecular weight is 375 g/mol. The van der Waals surface area contributed by atoms with Gasteiger partial charge in [0.2, 0.25) is 5.91 Å². The molecule has 8 heteroatoms. The van der Waals surface area contributed by atoms with Crippen molar-refractivity contribution in [2.24, 2.45) is 0 Å². The summed E-state index contributed by atoms with van der Waals surface area (Å²) in [5, 5.41) is 14.4. The molecule has 4 rings (SSSR count). The van der Waals surface area contributed by atoms with Gasteiger partial charge in [0.05, 0.1) is 16.0 Å². The first-order valence-corrected chi connectivity index (χ1v) is 8.35. The minimum atomic E-state index is -0.580. The fourth-order valence-electron chi connectivity index (χ4n) is 3.40. The van der Waals surface area contributed by atoms with Crippen LogP contribution in [-0.2, 0) is 4.79 Å². The van der Waals surface area contributed by atoms with E-state index in [0.29, 0.717) is 11.4 Å². The highest BCUT2D eigenvalue weighted by molar-refractivity contribution is 6.36. The third-order valence-corrected chi connectivity index (χ3v) is 4.51. The van der Waals surface area contributed by atoms with Crippen LogP contribution in [0.1, 0.15) is 27.6 Å². The molecule has 8 nitrogen and oxygen atoms in total. The molecule has 0 aromatic heterocycles. The molecule has 0 unspecified atom stereocenters. The molecular weight excluding hydrogens is 362 g/mol. The number of anilines is 2. The number of non-ortho nitro benzene ring substituents is 1. The number of nitro benzene ring substituents is 1. The van der Waals surface area contributed by atoms with Gasteiger partial charge < -0.3 is 5.32 Å². The van der Waals surface area contributed by atoms with E-state index in [4.69, 9.17) is 0 Å². The van der Waals surface area contributed by atoms with Crippen LogP contribution in [0.15, 0.2) is 54.6 Å². The van der Waals surface area contributed by atoms with Crippen molar-refractivity contribution in [1.29, 1.82) is 0 Å². The normalized spacial score (nSPS) is 13.0. The lowest BCUT2D eigenvalue weighted by atomic mass is 9.92. The third kappa shape index (κ3) is 2.59. The van der Waals surface area contributed by atoms with E-state index in [0.717, 1.165) is 4.90 Å². The summed E-state index contributed by atoms with van der Waals surface area (Å²) < 4.78 is 0. The molecule has 3 aromatic carbocycles. The van der Waals surface area contributed by atoms with E-state index in [1.807, 2.05) is 0 Å². The van der Waals surface area contributed by atoms with Crippen LogP contribution in [0.4, 0.5) is 17.1 Å². The van der Waals surface area contributed by atoms with Crippen molar-refractivity contribution >= 4 is 45.6 Å². The fraction of sp³-hybridized carbons (Fsp3) is 0.0500. The van der Waals surface area contributed by atoms with Crippen LogP contribution in [0.5, 0.6) is 0 Å². The van der Waals surface area contributed by atoms with Crippen molar-refractivity contribution in [2.45, 2.75) is 6.92 Å². The van der Waals surface area contributed by atoms with E-state index in [-0.39, 0.29) is 33.5 Å². The highest BCUT2D eigenvalue weighted by Crippen LogP contribution is 2.37. The molecule has 0 saturated heterocycles. The van der Waals surface area contributed by atoms with Crippen LogP contribution in [0.2, 0.25) is 0 Å². The van der Waals surface area contributed by atoms with Gasteiger partial charge in [0.25, 0.3) is 17.5 Å². The van der Waals surface area contributed by atoms with Gasteiger partial charge in [0.15, 0.2) is 0 Å². The summed E-state index contributed by atoms with van der Waals surface area (Å²) >= 11 is 0. The van der Waals surface area contributed by atoms with Gasteiger partial charge in [0.1, 0.15) is 0 Å². The first-order chi connectivity index (χ1) is 13.4. The minimum Gasteiger partial charge on any atom is -0.326 e. The Morgan fingerprint density at radius 3 is 2.36 bits per heavy atom. The predicted octanol–water partition coefficient (Wildman–Crippen LogP) is 3.51. The second kappa shape index (κ2) is 6.27. The van der Waals surface area contributed by atoms with Crippen LogP contribution < -0.4 is 10.2 Å². The Balaban J connectivity index is 1.90. The van der Waals surface area contributed by atoms with E-state index < -0.39 is 16.7 Å². The lowest BCUT2D eigenvalue weighted by Crippen LogP contribution is -2.40. The first kappa shape index (κ1) is 17.3. The van der Waals surface area contributed by atoms with Crippen LogP contribution in [-0.4, -0.2) is 22.6 Å². The molecule has 28 heavy (non-hydrogen) atoms. The summed E-state index contributed by atoms with van der Waals surface area (Å²) in [5.74, 6) is -1.44. The van der Waals surface area contributed by atoms with Gasteiger partial charge >= 0.3 is 0 Å². The maximum absolute atomic E-state index is 13.1. The lowest BCUT2D eigenvalue weighted by molar-refractivity contribution is -0.383. The predicted molar refractivity (Wildman–Crippen MR) is 102 cm³/mol. The molecule has 0 fully saturated rings. The molecule has 0 aliphatic carbocycles. The number of benzene rings is 3. The van der Waals surface area contributed by atoms with Crippen LogP contribution >= 0.6 is 0 Å². The van der Waals surface area contributed by atoms with Crippen molar-refractivity contribution < 1.29 is 19.3 Å². The Bertz CT molecular complexity index is 1180. The zero-order chi connectivity index (χ0) is 20.0. The molecule has 1 aliphatic heterocycles. The molecule has 3 aromatic rings. The molecule has 0 atom stereocenters. The molecule has 0 saturated carbocycles. The number of nitrogens with zero attached hydrogens (tertiary/aromatic N) is 2. The maximum atomic E-state index is 13.1.